The van der Waals surface area contributed by atoms with E-state index in [9.17, 15) is 0 Å². The van der Waals surface area contributed by atoms with E-state index < -0.39 is 0 Å². The highest BCUT2D eigenvalue weighted by Crippen LogP contribution is 2.05. The van der Waals surface area contributed by atoms with Crippen molar-refractivity contribution in [3.63, 3.8) is 0 Å². The van der Waals surface area contributed by atoms with E-state index >= 15 is 0 Å². The third kappa shape index (κ3) is 6.05. The highest BCUT2D eigenvalue weighted by molar-refractivity contribution is 4.79. The molecular weight excluding hydrogens is 160 g/mol. The van der Waals surface area contributed by atoms with E-state index in [-0.39, 0.29) is 5.54 Å². The fourth-order valence-electron chi connectivity index (χ4n) is 1.37. The predicted octanol–water partition coefficient (Wildman–Crippen LogP) is 2.11. The van der Waals surface area contributed by atoms with Crippen molar-refractivity contribution in [2.45, 2.75) is 46.1 Å². The molecule has 0 heterocycles. The van der Waals surface area contributed by atoms with E-state index in [2.05, 4.69) is 37.9 Å². The molecule has 0 aromatic heterocycles. The number of rotatable bonds is 7. The molecule has 1 N–H and O–H groups in total. The van der Waals surface area contributed by atoms with Crippen LogP contribution < -0.4 is 5.32 Å². The molecule has 0 aromatic rings. The number of nitrogens with zero attached hydrogens (tertiary/aromatic N) is 1. The Kier molecular flexibility index (Phi) is 6.35. The Hall–Kier alpha value is -0.0800. The lowest BCUT2D eigenvalue weighted by atomic mass is 10.1. The minimum absolute atomic E-state index is 0.240. The summed E-state index contributed by atoms with van der Waals surface area (Å²) in [4.78, 5) is 2.51. The molecule has 0 radical (unpaired) electrons. The summed E-state index contributed by atoms with van der Waals surface area (Å²) in [5.41, 5.74) is 0.240. The van der Waals surface area contributed by atoms with Crippen LogP contribution in [-0.4, -0.2) is 37.1 Å². The first-order valence-electron chi connectivity index (χ1n) is 5.47. The van der Waals surface area contributed by atoms with Crippen LogP contribution in [0.1, 0.15) is 40.5 Å². The summed E-state index contributed by atoms with van der Waals surface area (Å²) in [7, 11) is 2.04. The lowest BCUT2D eigenvalue weighted by molar-refractivity contribution is 0.213. The molecule has 0 rings (SSSR count). The van der Waals surface area contributed by atoms with Gasteiger partial charge in [0.15, 0.2) is 0 Å². The standard InChI is InChI=1S/C11H26N2/c1-6-8-9-13(7-2)10-11(3,4)12-5/h12H,6-10H2,1-5H3. The molecule has 0 fully saturated rings. The van der Waals surface area contributed by atoms with Gasteiger partial charge in [0, 0.05) is 12.1 Å². The third-order valence-corrected chi connectivity index (χ3v) is 2.57. The van der Waals surface area contributed by atoms with Crippen LogP contribution in [0.2, 0.25) is 0 Å². The SMILES string of the molecule is CCCCN(CC)CC(C)(C)NC. The van der Waals surface area contributed by atoms with Gasteiger partial charge in [-0.3, -0.25) is 0 Å². The summed E-state index contributed by atoms with van der Waals surface area (Å²) in [6.45, 7) is 12.5. The zero-order chi connectivity index (χ0) is 10.3. The van der Waals surface area contributed by atoms with Crippen molar-refractivity contribution >= 4 is 0 Å². The first kappa shape index (κ1) is 12.9. The smallest absolute Gasteiger partial charge is 0.0249 e. The molecule has 0 spiro atoms. The van der Waals surface area contributed by atoms with Crippen molar-refractivity contribution in [2.75, 3.05) is 26.7 Å². The molecule has 2 nitrogen and oxygen atoms in total. The molecule has 0 unspecified atom stereocenters. The Labute approximate surface area is 83.7 Å². The normalized spacial score (nSPS) is 12.5. The summed E-state index contributed by atoms with van der Waals surface area (Å²) in [5, 5.41) is 3.34. The number of unbranched alkanes of at least 4 members (excludes halogenated alkanes) is 1. The topological polar surface area (TPSA) is 15.3 Å². The van der Waals surface area contributed by atoms with E-state index in [4.69, 9.17) is 0 Å². The monoisotopic (exact) mass is 186 g/mol. The van der Waals surface area contributed by atoms with Crippen molar-refractivity contribution in [1.82, 2.24) is 10.2 Å². The van der Waals surface area contributed by atoms with Gasteiger partial charge in [-0.1, -0.05) is 20.3 Å². The number of likely N-dealkylation sites (N-methyl/N-ethyl adjacent to an activating group) is 2. The number of nitrogens with one attached hydrogen (secondary N) is 1. The second-order valence-electron chi connectivity index (χ2n) is 4.36. The van der Waals surface area contributed by atoms with Crippen LogP contribution in [0.25, 0.3) is 0 Å². The average molecular weight is 186 g/mol. The molecule has 0 aromatic carbocycles. The van der Waals surface area contributed by atoms with Crippen LogP contribution in [-0.2, 0) is 0 Å². The second-order valence-corrected chi connectivity index (χ2v) is 4.36. The Bertz CT molecular complexity index is 121. The predicted molar refractivity (Wildman–Crippen MR) is 60.2 cm³/mol. The molecule has 0 amide bonds. The van der Waals surface area contributed by atoms with Crippen LogP contribution >= 0.6 is 0 Å². The van der Waals surface area contributed by atoms with Crippen molar-refractivity contribution in [1.29, 1.82) is 0 Å². The highest BCUT2D eigenvalue weighted by atomic mass is 15.2. The van der Waals surface area contributed by atoms with Crippen molar-refractivity contribution in [3.05, 3.63) is 0 Å². The van der Waals surface area contributed by atoms with Crippen LogP contribution in [0.5, 0.6) is 0 Å². The molecule has 0 saturated heterocycles. The molecular formula is C11H26N2. The van der Waals surface area contributed by atoms with E-state index in [1.807, 2.05) is 7.05 Å². The van der Waals surface area contributed by atoms with E-state index in [0.717, 1.165) is 13.1 Å². The van der Waals surface area contributed by atoms with Crippen LogP contribution in [0, 0.1) is 0 Å². The molecule has 13 heavy (non-hydrogen) atoms. The fourth-order valence-corrected chi connectivity index (χ4v) is 1.37. The number of hydrogen-bond acceptors (Lipinski definition) is 2. The molecule has 0 aliphatic heterocycles. The maximum atomic E-state index is 3.34. The zero-order valence-corrected chi connectivity index (χ0v) is 9.98. The van der Waals surface area contributed by atoms with Gasteiger partial charge in [-0.05, 0) is 40.4 Å². The maximum Gasteiger partial charge on any atom is 0.0249 e. The summed E-state index contributed by atoms with van der Waals surface area (Å²) in [5.74, 6) is 0. The van der Waals surface area contributed by atoms with Crippen molar-refractivity contribution in [2.24, 2.45) is 0 Å². The van der Waals surface area contributed by atoms with Gasteiger partial charge < -0.3 is 10.2 Å². The van der Waals surface area contributed by atoms with Crippen molar-refractivity contribution < 1.29 is 0 Å². The largest absolute Gasteiger partial charge is 0.314 e. The van der Waals surface area contributed by atoms with Crippen LogP contribution in [0.15, 0.2) is 0 Å². The molecule has 0 saturated carbocycles. The van der Waals surface area contributed by atoms with Gasteiger partial charge >= 0.3 is 0 Å². The summed E-state index contributed by atoms with van der Waals surface area (Å²) in [6.07, 6.45) is 2.60. The molecule has 0 atom stereocenters. The van der Waals surface area contributed by atoms with E-state index in [1.165, 1.54) is 19.4 Å². The van der Waals surface area contributed by atoms with Gasteiger partial charge in [0.1, 0.15) is 0 Å². The van der Waals surface area contributed by atoms with Crippen LogP contribution in [0.4, 0.5) is 0 Å². The molecule has 80 valence electrons. The molecule has 0 bridgehead atoms. The lowest BCUT2D eigenvalue weighted by Crippen LogP contribution is -2.47. The van der Waals surface area contributed by atoms with Gasteiger partial charge in [-0.15, -0.1) is 0 Å². The quantitative estimate of drug-likeness (QED) is 0.655. The minimum Gasteiger partial charge on any atom is -0.314 e. The summed E-state index contributed by atoms with van der Waals surface area (Å²) >= 11 is 0. The highest BCUT2D eigenvalue weighted by Gasteiger charge is 2.17. The Morgan fingerprint density at radius 2 is 1.85 bits per heavy atom. The Morgan fingerprint density at radius 1 is 1.23 bits per heavy atom. The van der Waals surface area contributed by atoms with E-state index in [0.29, 0.717) is 0 Å². The molecule has 2 heteroatoms. The first-order chi connectivity index (χ1) is 6.05. The maximum absolute atomic E-state index is 3.34. The molecule has 0 aliphatic carbocycles. The van der Waals surface area contributed by atoms with Gasteiger partial charge in [0.2, 0.25) is 0 Å². The van der Waals surface area contributed by atoms with Gasteiger partial charge in [0.25, 0.3) is 0 Å². The lowest BCUT2D eigenvalue weighted by Gasteiger charge is -2.31. The van der Waals surface area contributed by atoms with Gasteiger partial charge in [-0.25, -0.2) is 0 Å². The Balaban J connectivity index is 3.82. The van der Waals surface area contributed by atoms with Crippen LogP contribution in [0.3, 0.4) is 0 Å². The average Bonchev–Trinajstić information content (AvgIpc) is 2.12. The second kappa shape index (κ2) is 6.39. The molecule has 0 aliphatic rings. The fraction of sp³-hybridized carbons (Fsp3) is 1.00. The Morgan fingerprint density at radius 3 is 2.23 bits per heavy atom. The zero-order valence-electron chi connectivity index (χ0n) is 9.98. The van der Waals surface area contributed by atoms with Crippen molar-refractivity contribution in [3.8, 4) is 0 Å². The van der Waals surface area contributed by atoms with Gasteiger partial charge in [-0.2, -0.15) is 0 Å². The first-order valence-corrected chi connectivity index (χ1v) is 5.47. The van der Waals surface area contributed by atoms with E-state index in [1.54, 1.807) is 0 Å². The third-order valence-electron chi connectivity index (χ3n) is 2.57. The minimum atomic E-state index is 0.240. The summed E-state index contributed by atoms with van der Waals surface area (Å²) in [6, 6.07) is 0. The number of hydrogen-bond donors (Lipinski definition) is 1. The summed E-state index contributed by atoms with van der Waals surface area (Å²) < 4.78 is 0. The van der Waals surface area contributed by atoms with Gasteiger partial charge in [0.05, 0.1) is 0 Å².